The van der Waals surface area contributed by atoms with Gasteiger partial charge in [-0.1, -0.05) is 18.2 Å². The molecule has 1 aliphatic heterocycles. The average Bonchev–Trinajstić information content (AvgIpc) is 3.26. The molecule has 1 aromatic carbocycles. The monoisotopic (exact) mass is 420 g/mol. The van der Waals surface area contributed by atoms with Gasteiger partial charge in [-0.3, -0.25) is 9.59 Å². The molecule has 29 heavy (non-hydrogen) atoms. The van der Waals surface area contributed by atoms with Crippen LogP contribution in [0.5, 0.6) is 0 Å². The Hall–Kier alpha value is -2.65. The molecule has 1 aromatic heterocycles. The first-order valence-electron chi connectivity index (χ1n) is 9.44. The number of ether oxygens (including phenoxy) is 1. The van der Waals surface area contributed by atoms with Crippen molar-refractivity contribution in [2.24, 2.45) is 0 Å². The number of carbonyl (C=O) groups is 2. The topological polar surface area (TPSA) is 97.1 Å². The predicted octanol–water partition coefficient (Wildman–Crippen LogP) is 1.68. The maximum Gasteiger partial charge on any atom is 0.307 e. The van der Waals surface area contributed by atoms with E-state index < -0.39 is 22.1 Å². The number of nitrogens with zero attached hydrogens (tertiary/aromatic N) is 2. The summed E-state index contributed by atoms with van der Waals surface area (Å²) in [7, 11) is -3.58. The van der Waals surface area contributed by atoms with Gasteiger partial charge < -0.3 is 14.1 Å². The van der Waals surface area contributed by atoms with E-state index in [0.29, 0.717) is 12.2 Å². The number of carbonyl (C=O) groups excluding carboxylic acids is 2. The summed E-state index contributed by atoms with van der Waals surface area (Å²) in [4.78, 5) is 26.3. The molecule has 8 nitrogen and oxygen atoms in total. The van der Waals surface area contributed by atoms with Gasteiger partial charge in [0, 0.05) is 32.6 Å². The van der Waals surface area contributed by atoms with Crippen LogP contribution in [-0.4, -0.2) is 61.8 Å². The largest absolute Gasteiger partial charge is 0.469 e. The summed E-state index contributed by atoms with van der Waals surface area (Å²) in [6.45, 7) is 2.42. The Bertz CT molecular complexity index is 919. The molecule has 0 N–H and O–H groups in total. The number of hydrogen-bond acceptors (Lipinski definition) is 6. The highest BCUT2D eigenvalue weighted by molar-refractivity contribution is 7.89. The van der Waals surface area contributed by atoms with Crippen molar-refractivity contribution < 1.29 is 27.2 Å². The van der Waals surface area contributed by atoms with Gasteiger partial charge in [0.2, 0.25) is 10.0 Å². The third-order valence-electron chi connectivity index (χ3n) is 4.74. The minimum atomic E-state index is -3.58. The molecule has 156 valence electrons. The molecule has 0 radical (unpaired) electrons. The van der Waals surface area contributed by atoms with Crippen molar-refractivity contribution in [1.82, 2.24) is 9.21 Å². The number of benzene rings is 1. The van der Waals surface area contributed by atoms with Crippen molar-refractivity contribution in [3.05, 3.63) is 54.5 Å². The van der Waals surface area contributed by atoms with E-state index in [9.17, 15) is 18.0 Å². The van der Waals surface area contributed by atoms with Crippen LogP contribution in [0.2, 0.25) is 0 Å². The molecule has 1 fully saturated rings. The van der Waals surface area contributed by atoms with Crippen molar-refractivity contribution in [2.45, 2.75) is 30.8 Å². The number of rotatable bonds is 7. The van der Waals surface area contributed by atoms with Crippen molar-refractivity contribution in [2.75, 3.05) is 26.2 Å². The molecule has 1 amide bonds. The van der Waals surface area contributed by atoms with E-state index in [2.05, 4.69) is 0 Å². The van der Waals surface area contributed by atoms with Crippen LogP contribution < -0.4 is 0 Å². The van der Waals surface area contributed by atoms with Crippen LogP contribution in [0.25, 0.3) is 0 Å². The number of amides is 1. The summed E-state index contributed by atoms with van der Waals surface area (Å²) in [6.07, 6.45) is 1.14. The first-order chi connectivity index (χ1) is 13.9. The first kappa shape index (κ1) is 21.1. The van der Waals surface area contributed by atoms with Gasteiger partial charge in [0.05, 0.1) is 17.6 Å². The van der Waals surface area contributed by atoms with E-state index >= 15 is 0 Å². The summed E-state index contributed by atoms with van der Waals surface area (Å²) in [5.74, 6) is -0.127. The standard InChI is InChI=1S/C20H24N2O6S/c1-16(28-19(23)10-9-17-6-5-15-27-17)20(24)21-11-13-22(14-12-21)29(25,26)18-7-3-2-4-8-18/h2-8,15-16H,9-14H2,1H3/t16-/m0/s1. The molecule has 2 aromatic rings. The fourth-order valence-corrected chi connectivity index (χ4v) is 4.58. The maximum absolute atomic E-state index is 12.7. The van der Waals surface area contributed by atoms with E-state index in [-0.39, 0.29) is 43.4 Å². The minimum absolute atomic E-state index is 0.119. The van der Waals surface area contributed by atoms with Crippen molar-refractivity contribution in [3.8, 4) is 0 Å². The highest BCUT2D eigenvalue weighted by Gasteiger charge is 2.32. The second-order valence-electron chi connectivity index (χ2n) is 6.75. The smallest absolute Gasteiger partial charge is 0.307 e. The number of piperazine rings is 1. The van der Waals surface area contributed by atoms with Gasteiger partial charge in [0.1, 0.15) is 5.76 Å². The van der Waals surface area contributed by atoms with E-state index in [1.807, 2.05) is 0 Å². The summed E-state index contributed by atoms with van der Waals surface area (Å²) >= 11 is 0. The van der Waals surface area contributed by atoms with Crippen LogP contribution in [-0.2, 0) is 30.8 Å². The molecule has 1 atom stereocenters. The predicted molar refractivity (Wildman–Crippen MR) is 104 cm³/mol. The number of esters is 1. The van der Waals surface area contributed by atoms with Gasteiger partial charge >= 0.3 is 5.97 Å². The van der Waals surface area contributed by atoms with Crippen molar-refractivity contribution >= 4 is 21.9 Å². The SMILES string of the molecule is C[C@H](OC(=O)CCc1ccco1)C(=O)N1CCN(S(=O)(=O)c2ccccc2)CC1. The van der Waals surface area contributed by atoms with E-state index in [1.54, 1.807) is 42.5 Å². The van der Waals surface area contributed by atoms with Gasteiger partial charge in [0.15, 0.2) is 6.10 Å². The molecular formula is C20H24N2O6S. The second kappa shape index (κ2) is 9.23. The Balaban J connectivity index is 1.48. The van der Waals surface area contributed by atoms with Crippen LogP contribution in [0.15, 0.2) is 58.0 Å². The fourth-order valence-electron chi connectivity index (χ4n) is 3.13. The van der Waals surface area contributed by atoms with Crippen LogP contribution >= 0.6 is 0 Å². The molecular weight excluding hydrogens is 396 g/mol. The Morgan fingerprint density at radius 1 is 1.07 bits per heavy atom. The third-order valence-corrected chi connectivity index (χ3v) is 6.66. The van der Waals surface area contributed by atoms with E-state index in [4.69, 9.17) is 9.15 Å². The fraction of sp³-hybridized carbons (Fsp3) is 0.400. The lowest BCUT2D eigenvalue weighted by Gasteiger charge is -2.35. The van der Waals surface area contributed by atoms with Gasteiger partial charge in [-0.15, -0.1) is 0 Å². The van der Waals surface area contributed by atoms with Gasteiger partial charge in [-0.05, 0) is 31.2 Å². The normalized spacial score (nSPS) is 16.4. The van der Waals surface area contributed by atoms with Crippen LogP contribution in [0.1, 0.15) is 19.1 Å². The number of furan rings is 1. The van der Waals surface area contributed by atoms with E-state index in [1.165, 1.54) is 22.4 Å². The Morgan fingerprint density at radius 2 is 1.76 bits per heavy atom. The maximum atomic E-state index is 12.7. The molecule has 1 saturated heterocycles. The summed E-state index contributed by atoms with van der Waals surface area (Å²) in [5, 5.41) is 0. The molecule has 0 aliphatic carbocycles. The van der Waals surface area contributed by atoms with Crippen molar-refractivity contribution in [1.29, 1.82) is 0 Å². The Labute approximate surface area is 170 Å². The second-order valence-corrected chi connectivity index (χ2v) is 8.69. The van der Waals surface area contributed by atoms with Crippen LogP contribution in [0.3, 0.4) is 0 Å². The molecule has 0 bridgehead atoms. The van der Waals surface area contributed by atoms with E-state index in [0.717, 1.165) is 0 Å². The number of hydrogen-bond donors (Lipinski definition) is 0. The summed E-state index contributed by atoms with van der Waals surface area (Å²) < 4.78 is 37.1. The molecule has 0 saturated carbocycles. The highest BCUT2D eigenvalue weighted by atomic mass is 32.2. The summed E-state index contributed by atoms with van der Waals surface area (Å²) in [5.41, 5.74) is 0. The zero-order valence-corrected chi connectivity index (χ0v) is 17.0. The lowest BCUT2D eigenvalue weighted by molar-refractivity contribution is -0.159. The number of aryl methyl sites for hydroxylation is 1. The average molecular weight is 420 g/mol. The van der Waals surface area contributed by atoms with Crippen molar-refractivity contribution in [3.63, 3.8) is 0 Å². The zero-order valence-electron chi connectivity index (χ0n) is 16.2. The quantitative estimate of drug-likeness (QED) is 0.632. The first-order valence-corrected chi connectivity index (χ1v) is 10.9. The van der Waals surface area contributed by atoms with Gasteiger partial charge in [-0.25, -0.2) is 8.42 Å². The lowest BCUT2D eigenvalue weighted by atomic mass is 10.2. The molecule has 1 aliphatic rings. The molecule has 2 heterocycles. The highest BCUT2D eigenvalue weighted by Crippen LogP contribution is 2.18. The van der Waals surface area contributed by atoms with Crippen LogP contribution in [0.4, 0.5) is 0 Å². The van der Waals surface area contributed by atoms with Gasteiger partial charge in [0.25, 0.3) is 5.91 Å². The minimum Gasteiger partial charge on any atom is -0.469 e. The number of sulfonamides is 1. The Morgan fingerprint density at radius 3 is 2.38 bits per heavy atom. The zero-order chi connectivity index (χ0) is 20.9. The van der Waals surface area contributed by atoms with Gasteiger partial charge in [-0.2, -0.15) is 4.31 Å². The summed E-state index contributed by atoms with van der Waals surface area (Å²) in [6, 6.07) is 11.7. The molecule has 0 unspecified atom stereocenters. The lowest BCUT2D eigenvalue weighted by Crippen LogP contribution is -2.52. The molecule has 0 spiro atoms. The molecule has 9 heteroatoms. The Kier molecular flexibility index (Phi) is 6.71. The van der Waals surface area contributed by atoms with Crippen LogP contribution in [0, 0.1) is 0 Å². The molecule has 3 rings (SSSR count). The third kappa shape index (κ3) is 5.24.